The van der Waals surface area contributed by atoms with Gasteiger partial charge in [-0.3, -0.25) is 4.79 Å². The summed E-state index contributed by atoms with van der Waals surface area (Å²) in [7, 11) is 0. The van der Waals surface area contributed by atoms with Crippen LogP contribution in [-0.2, 0) is 13.0 Å². The Bertz CT molecular complexity index is 1370. The second-order valence-electron chi connectivity index (χ2n) is 7.49. The molecule has 0 bridgehead atoms. The van der Waals surface area contributed by atoms with Gasteiger partial charge in [-0.2, -0.15) is 0 Å². The van der Waals surface area contributed by atoms with Crippen LogP contribution >= 0.6 is 43.5 Å². The molecule has 0 fully saturated rings. The van der Waals surface area contributed by atoms with Gasteiger partial charge in [0.2, 0.25) is 0 Å². The number of carbonyl (C=O) groups is 1. The summed E-state index contributed by atoms with van der Waals surface area (Å²) in [6.07, 6.45) is 2.46. The fraction of sp³-hybridized carbons (Fsp3) is 0.125. The molecule has 1 amide bonds. The Kier molecular flexibility index (Phi) is 6.23. The van der Waals surface area contributed by atoms with E-state index in [1.165, 1.54) is 0 Å². The van der Waals surface area contributed by atoms with Gasteiger partial charge in [0.05, 0.1) is 27.0 Å². The zero-order valence-electron chi connectivity index (χ0n) is 17.2. The average Bonchev–Trinajstić information content (AvgIpc) is 3.25. The number of benzene rings is 2. The van der Waals surface area contributed by atoms with E-state index >= 15 is 0 Å². The highest BCUT2D eigenvalue weighted by molar-refractivity contribution is 9.11. The molecule has 0 radical (unpaired) electrons. The largest absolute Gasteiger partial charge is 0.487 e. The van der Waals surface area contributed by atoms with Crippen LogP contribution < -0.4 is 10.1 Å². The number of nitrogens with one attached hydrogen (secondary N) is 2. The van der Waals surface area contributed by atoms with E-state index in [-0.39, 0.29) is 5.91 Å². The number of amides is 1. The maximum absolute atomic E-state index is 12.2. The minimum Gasteiger partial charge on any atom is -0.487 e. The van der Waals surface area contributed by atoms with Crippen LogP contribution in [0.4, 0.5) is 0 Å². The summed E-state index contributed by atoms with van der Waals surface area (Å²) in [5.74, 6) is 1.04. The highest BCUT2D eigenvalue weighted by Gasteiger charge is 2.21. The molecule has 0 atom stereocenters. The Balaban J connectivity index is 1.52. The molecule has 4 aromatic rings. The standard InChI is InChI=1S/C24H17Br2ClN4O2/c25-14-9-16(22(17(26)10-14)33-12-13-3-1-2-4-18(13)27)23-28-7-6-20(31-23)21-11-15-19(30-21)5-8-29-24(15)32/h1-4,6-7,9-11,30H,5,8,12H2,(H,29,32). The van der Waals surface area contributed by atoms with E-state index in [4.69, 9.17) is 21.3 Å². The van der Waals surface area contributed by atoms with Crippen LogP contribution in [0.1, 0.15) is 21.6 Å². The Hall–Kier alpha value is -2.68. The van der Waals surface area contributed by atoms with E-state index in [1.54, 1.807) is 6.20 Å². The van der Waals surface area contributed by atoms with E-state index in [0.29, 0.717) is 41.0 Å². The van der Waals surface area contributed by atoms with Crippen molar-refractivity contribution in [2.45, 2.75) is 13.0 Å². The smallest absolute Gasteiger partial charge is 0.253 e. The molecule has 1 aliphatic rings. The van der Waals surface area contributed by atoms with Crippen LogP contribution in [0.15, 0.2) is 63.7 Å². The fourth-order valence-corrected chi connectivity index (χ4v) is 5.24. The molecule has 166 valence electrons. The number of fused-ring (bicyclic) bond motifs is 1. The molecule has 0 saturated carbocycles. The number of nitrogens with zero attached hydrogens (tertiary/aromatic N) is 2. The number of halogens is 3. The third-order valence-corrected chi connectivity index (χ3v) is 6.73. The maximum Gasteiger partial charge on any atom is 0.253 e. The van der Waals surface area contributed by atoms with Crippen LogP contribution in [-0.4, -0.2) is 27.4 Å². The van der Waals surface area contributed by atoms with Crippen molar-refractivity contribution in [1.29, 1.82) is 0 Å². The topological polar surface area (TPSA) is 79.9 Å². The zero-order valence-corrected chi connectivity index (χ0v) is 21.1. The van der Waals surface area contributed by atoms with Crippen molar-refractivity contribution in [2.75, 3.05) is 6.54 Å². The molecule has 9 heteroatoms. The van der Waals surface area contributed by atoms with Gasteiger partial charge in [0, 0.05) is 39.9 Å². The van der Waals surface area contributed by atoms with E-state index in [2.05, 4.69) is 47.1 Å². The molecule has 33 heavy (non-hydrogen) atoms. The first kappa shape index (κ1) is 22.1. The molecular formula is C24H17Br2ClN4O2. The van der Waals surface area contributed by atoms with Crippen molar-refractivity contribution in [3.63, 3.8) is 0 Å². The van der Waals surface area contributed by atoms with Crippen LogP contribution in [0.25, 0.3) is 22.8 Å². The highest BCUT2D eigenvalue weighted by Crippen LogP contribution is 2.39. The number of aromatic nitrogens is 3. The lowest BCUT2D eigenvalue weighted by atomic mass is 10.1. The van der Waals surface area contributed by atoms with Crippen LogP contribution in [0.2, 0.25) is 5.02 Å². The van der Waals surface area contributed by atoms with Crippen LogP contribution in [0.3, 0.4) is 0 Å². The third kappa shape index (κ3) is 4.55. The van der Waals surface area contributed by atoms with E-state index in [9.17, 15) is 4.79 Å². The second kappa shape index (κ2) is 9.29. The van der Waals surface area contributed by atoms with Crippen molar-refractivity contribution in [2.24, 2.45) is 0 Å². The number of H-pyrrole nitrogens is 1. The van der Waals surface area contributed by atoms with Gasteiger partial charge < -0.3 is 15.0 Å². The molecule has 2 N–H and O–H groups in total. The molecular weight excluding hydrogens is 572 g/mol. The Morgan fingerprint density at radius 1 is 1.09 bits per heavy atom. The summed E-state index contributed by atoms with van der Waals surface area (Å²) in [4.78, 5) is 24.8. The Morgan fingerprint density at radius 2 is 1.94 bits per heavy atom. The maximum atomic E-state index is 12.2. The van der Waals surface area contributed by atoms with E-state index < -0.39 is 0 Å². The third-order valence-electron chi connectivity index (χ3n) is 5.32. The Labute approximate surface area is 212 Å². The number of hydrogen-bond acceptors (Lipinski definition) is 4. The number of aromatic amines is 1. The quantitative estimate of drug-likeness (QED) is 0.292. The molecule has 0 unspecified atom stereocenters. The minimum absolute atomic E-state index is 0.0702. The summed E-state index contributed by atoms with van der Waals surface area (Å²) >= 11 is 13.4. The lowest BCUT2D eigenvalue weighted by molar-refractivity contribution is 0.0946. The van der Waals surface area contributed by atoms with E-state index in [0.717, 1.165) is 37.9 Å². The zero-order chi connectivity index (χ0) is 22.9. The van der Waals surface area contributed by atoms with Crippen molar-refractivity contribution >= 4 is 49.4 Å². The monoisotopic (exact) mass is 586 g/mol. The van der Waals surface area contributed by atoms with Gasteiger partial charge >= 0.3 is 0 Å². The molecule has 2 aromatic carbocycles. The lowest BCUT2D eigenvalue weighted by Crippen LogP contribution is -2.31. The molecule has 1 aliphatic heterocycles. The summed E-state index contributed by atoms with van der Waals surface area (Å²) in [5, 5.41) is 3.51. The number of carbonyl (C=O) groups excluding carboxylic acids is 1. The van der Waals surface area contributed by atoms with Crippen LogP contribution in [0.5, 0.6) is 5.75 Å². The van der Waals surface area contributed by atoms with Gasteiger partial charge in [0.25, 0.3) is 5.91 Å². The molecule has 2 aromatic heterocycles. The summed E-state index contributed by atoms with van der Waals surface area (Å²) < 4.78 is 7.80. The summed E-state index contributed by atoms with van der Waals surface area (Å²) in [6, 6.07) is 15.0. The normalized spacial score (nSPS) is 12.9. The summed E-state index contributed by atoms with van der Waals surface area (Å²) in [5.41, 5.74) is 4.64. The summed E-state index contributed by atoms with van der Waals surface area (Å²) in [6.45, 7) is 0.921. The first-order chi connectivity index (χ1) is 16.0. The SMILES string of the molecule is O=C1NCCc2[nH]c(-c3ccnc(-c4cc(Br)cc(Br)c4OCc4ccccc4Cl)n3)cc21. The predicted octanol–water partition coefficient (Wildman–Crippen LogP) is 6.18. The molecule has 0 saturated heterocycles. The Morgan fingerprint density at radius 3 is 2.76 bits per heavy atom. The molecule has 6 nitrogen and oxygen atoms in total. The minimum atomic E-state index is -0.0702. The molecule has 5 rings (SSSR count). The van der Waals surface area contributed by atoms with Gasteiger partial charge in [-0.25, -0.2) is 9.97 Å². The lowest BCUT2D eigenvalue weighted by Gasteiger charge is -2.14. The predicted molar refractivity (Wildman–Crippen MR) is 134 cm³/mol. The van der Waals surface area contributed by atoms with Crippen LogP contribution in [0, 0.1) is 0 Å². The number of hydrogen-bond donors (Lipinski definition) is 2. The molecule has 0 spiro atoms. The molecule has 3 heterocycles. The van der Waals surface area contributed by atoms with Gasteiger partial charge in [-0.15, -0.1) is 0 Å². The van der Waals surface area contributed by atoms with Gasteiger partial charge in [0.1, 0.15) is 12.4 Å². The van der Waals surface area contributed by atoms with Crippen molar-refractivity contribution in [1.82, 2.24) is 20.3 Å². The van der Waals surface area contributed by atoms with Gasteiger partial charge in [-0.1, -0.05) is 45.7 Å². The second-order valence-corrected chi connectivity index (χ2v) is 9.67. The van der Waals surface area contributed by atoms with Crippen molar-refractivity contribution in [3.8, 4) is 28.5 Å². The number of ether oxygens (including phenoxy) is 1. The van der Waals surface area contributed by atoms with Gasteiger partial charge in [-0.05, 0) is 46.3 Å². The van der Waals surface area contributed by atoms with Gasteiger partial charge in [0.15, 0.2) is 5.82 Å². The first-order valence-electron chi connectivity index (χ1n) is 10.2. The highest BCUT2D eigenvalue weighted by atomic mass is 79.9. The first-order valence-corrected chi connectivity index (χ1v) is 12.1. The van der Waals surface area contributed by atoms with E-state index in [1.807, 2.05) is 48.5 Å². The number of rotatable bonds is 5. The van der Waals surface area contributed by atoms with Crippen molar-refractivity contribution < 1.29 is 9.53 Å². The average molecular weight is 589 g/mol. The van der Waals surface area contributed by atoms with Crippen molar-refractivity contribution in [3.05, 3.63) is 85.5 Å². The fourth-order valence-electron chi connectivity index (χ4n) is 3.71. The molecule has 0 aliphatic carbocycles.